The van der Waals surface area contributed by atoms with Crippen molar-refractivity contribution in [2.45, 2.75) is 45.1 Å². The number of para-hydroxylation sites is 1. The van der Waals surface area contributed by atoms with Gasteiger partial charge in [-0.3, -0.25) is 14.3 Å². The minimum atomic E-state index is 0.175. The fraction of sp³-hybridized carbons (Fsp3) is 0.526. The van der Waals surface area contributed by atoms with Crippen LogP contribution in [-0.4, -0.2) is 28.5 Å². The minimum Gasteiger partial charge on any atom is -0.294 e. The van der Waals surface area contributed by atoms with Gasteiger partial charge < -0.3 is 0 Å². The van der Waals surface area contributed by atoms with Gasteiger partial charge in [0.1, 0.15) is 0 Å². The number of hydrogen-bond donors (Lipinski definition) is 0. The molecule has 1 aromatic carbocycles. The van der Waals surface area contributed by atoms with Crippen LogP contribution in [0.15, 0.2) is 24.3 Å². The summed E-state index contributed by atoms with van der Waals surface area (Å²) >= 11 is 0. The van der Waals surface area contributed by atoms with Gasteiger partial charge in [-0.2, -0.15) is 0 Å². The van der Waals surface area contributed by atoms with E-state index in [9.17, 15) is 4.79 Å². The fourth-order valence-corrected chi connectivity index (χ4v) is 5.45. The van der Waals surface area contributed by atoms with E-state index in [2.05, 4.69) is 40.7 Å². The van der Waals surface area contributed by atoms with Gasteiger partial charge in [0.05, 0.1) is 11.6 Å². The summed E-state index contributed by atoms with van der Waals surface area (Å²) in [6.45, 7) is 4.63. The van der Waals surface area contributed by atoms with Crippen molar-refractivity contribution in [3.05, 3.63) is 35.5 Å². The van der Waals surface area contributed by atoms with Gasteiger partial charge in [-0.05, 0) is 43.9 Å². The first-order valence-electron chi connectivity index (χ1n) is 8.65. The monoisotopic (exact) mass is 294 g/mol. The first-order chi connectivity index (χ1) is 10.7. The molecule has 0 bridgehead atoms. The topological polar surface area (TPSA) is 25.2 Å². The summed E-state index contributed by atoms with van der Waals surface area (Å²) in [5.41, 5.74) is 4.10. The van der Waals surface area contributed by atoms with Gasteiger partial charge in [0.15, 0.2) is 0 Å². The Morgan fingerprint density at radius 2 is 2.14 bits per heavy atom. The first kappa shape index (κ1) is 12.9. The average Bonchev–Trinajstić information content (AvgIpc) is 2.89. The number of carbonyl (C=O) groups is 1. The first-order valence-corrected chi connectivity index (χ1v) is 8.65. The lowest BCUT2D eigenvalue weighted by molar-refractivity contribution is -0.0174. The third kappa shape index (κ3) is 1.38. The molecule has 0 N–H and O–H groups in total. The molecule has 3 aliphatic heterocycles. The summed E-state index contributed by atoms with van der Waals surface area (Å²) < 4.78 is 2.07. The van der Waals surface area contributed by atoms with Crippen LogP contribution in [0.3, 0.4) is 0 Å². The number of piperidine rings is 1. The number of hydrogen-bond acceptors (Lipinski definition) is 2. The van der Waals surface area contributed by atoms with E-state index in [1.165, 1.54) is 36.0 Å². The van der Waals surface area contributed by atoms with Gasteiger partial charge in [-0.25, -0.2) is 0 Å². The van der Waals surface area contributed by atoms with E-state index in [-0.39, 0.29) is 5.41 Å². The molecule has 0 spiro atoms. The summed E-state index contributed by atoms with van der Waals surface area (Å²) in [5.74, 6) is 0.319. The van der Waals surface area contributed by atoms with E-state index in [0.29, 0.717) is 11.9 Å². The predicted molar refractivity (Wildman–Crippen MR) is 87.2 cm³/mol. The largest absolute Gasteiger partial charge is 0.294 e. The maximum atomic E-state index is 13.0. The number of aromatic nitrogens is 1. The Balaban J connectivity index is 1.88. The highest BCUT2D eigenvalue weighted by Crippen LogP contribution is 2.56. The van der Waals surface area contributed by atoms with Gasteiger partial charge >= 0.3 is 0 Å². The van der Waals surface area contributed by atoms with Crippen LogP contribution in [0.25, 0.3) is 10.9 Å². The van der Waals surface area contributed by atoms with Gasteiger partial charge in [0.2, 0.25) is 5.91 Å². The lowest BCUT2D eigenvalue weighted by atomic mass is 9.64. The molecular weight excluding hydrogens is 272 g/mol. The Bertz CT molecular complexity index is 790. The van der Waals surface area contributed by atoms with Gasteiger partial charge in [-0.15, -0.1) is 0 Å². The molecule has 1 fully saturated rings. The molecule has 3 aliphatic rings. The molecule has 3 heteroatoms. The van der Waals surface area contributed by atoms with Crippen LogP contribution in [0.1, 0.15) is 54.7 Å². The Morgan fingerprint density at radius 1 is 1.27 bits per heavy atom. The van der Waals surface area contributed by atoms with E-state index in [4.69, 9.17) is 0 Å². The molecular formula is C19H22N2O. The van der Waals surface area contributed by atoms with E-state index in [1.54, 1.807) is 0 Å². The zero-order valence-electron chi connectivity index (χ0n) is 13.1. The molecule has 0 radical (unpaired) electrons. The average molecular weight is 294 g/mol. The highest BCUT2D eigenvalue weighted by atomic mass is 16.2. The van der Waals surface area contributed by atoms with Crippen LogP contribution in [0.5, 0.6) is 0 Å². The van der Waals surface area contributed by atoms with Crippen molar-refractivity contribution >= 4 is 16.8 Å². The summed E-state index contributed by atoms with van der Waals surface area (Å²) in [4.78, 5) is 15.7. The van der Waals surface area contributed by atoms with Crippen molar-refractivity contribution in [3.8, 4) is 0 Å². The lowest BCUT2D eigenvalue weighted by Gasteiger charge is -2.54. The van der Waals surface area contributed by atoms with Gasteiger partial charge in [-0.1, -0.05) is 25.1 Å². The normalized spacial score (nSPS) is 30.6. The molecule has 4 heterocycles. The van der Waals surface area contributed by atoms with E-state index in [0.717, 1.165) is 31.3 Å². The lowest BCUT2D eigenvalue weighted by Crippen LogP contribution is -2.53. The maximum absolute atomic E-state index is 13.0. The number of nitrogens with zero attached hydrogens (tertiary/aromatic N) is 2. The summed E-state index contributed by atoms with van der Waals surface area (Å²) in [6.07, 6.45) is 5.37. The Kier molecular flexibility index (Phi) is 2.48. The van der Waals surface area contributed by atoms with Crippen LogP contribution in [-0.2, 0) is 6.42 Å². The zero-order chi connectivity index (χ0) is 14.9. The predicted octanol–water partition coefficient (Wildman–Crippen LogP) is 3.77. The smallest absolute Gasteiger partial charge is 0.231 e. The van der Waals surface area contributed by atoms with Gasteiger partial charge in [0.25, 0.3) is 0 Å². The maximum Gasteiger partial charge on any atom is 0.231 e. The van der Waals surface area contributed by atoms with Crippen molar-refractivity contribution in [3.63, 3.8) is 0 Å². The highest BCUT2D eigenvalue weighted by molar-refractivity contribution is 5.97. The van der Waals surface area contributed by atoms with Crippen LogP contribution in [0.4, 0.5) is 0 Å². The molecule has 2 aromatic rings. The van der Waals surface area contributed by atoms with Crippen molar-refractivity contribution in [2.24, 2.45) is 5.41 Å². The molecule has 114 valence electrons. The quantitative estimate of drug-likeness (QED) is 0.800. The van der Waals surface area contributed by atoms with E-state index in [1.807, 2.05) is 0 Å². The number of benzene rings is 1. The molecule has 0 aliphatic carbocycles. The number of rotatable bonds is 1. The second kappa shape index (κ2) is 4.23. The van der Waals surface area contributed by atoms with Crippen LogP contribution in [0.2, 0.25) is 0 Å². The summed E-state index contributed by atoms with van der Waals surface area (Å²) in [5, 5.41) is 1.31. The van der Waals surface area contributed by atoms with E-state index < -0.39 is 0 Å². The molecule has 1 saturated heterocycles. The molecule has 5 rings (SSSR count). The van der Waals surface area contributed by atoms with E-state index >= 15 is 0 Å². The zero-order valence-corrected chi connectivity index (χ0v) is 13.1. The summed E-state index contributed by atoms with van der Waals surface area (Å²) in [6, 6.07) is 8.95. The molecule has 0 saturated carbocycles. The van der Waals surface area contributed by atoms with Crippen molar-refractivity contribution in [2.75, 3.05) is 13.1 Å². The Labute approximate surface area is 130 Å². The standard InChI is InChI=1S/C19H22N2O/c1-2-19-9-5-10-20-11-8-14-13-6-3-4-7-15(13)21(16(22)12-19)17(14)18(19)20/h3-4,6-7,18H,2,5,8-12H2,1H3/t18-,19+/m1/s1. The van der Waals surface area contributed by atoms with Crippen LogP contribution >= 0.6 is 0 Å². The van der Waals surface area contributed by atoms with Crippen LogP contribution in [0, 0.1) is 5.41 Å². The SMILES string of the molecule is CC[C@]12CCCN3CCc4c(n(c5ccccc45)C(=O)C1)[C@@H]32. The molecule has 3 nitrogen and oxygen atoms in total. The molecule has 1 aromatic heterocycles. The Hall–Kier alpha value is -1.61. The van der Waals surface area contributed by atoms with Gasteiger partial charge in [0, 0.05) is 29.5 Å². The van der Waals surface area contributed by atoms with Crippen molar-refractivity contribution in [1.29, 1.82) is 0 Å². The van der Waals surface area contributed by atoms with Crippen molar-refractivity contribution in [1.82, 2.24) is 9.47 Å². The number of carbonyl (C=O) groups excluding carboxylic acids is 1. The summed E-state index contributed by atoms with van der Waals surface area (Å²) in [7, 11) is 0. The molecule has 2 atom stereocenters. The molecule has 22 heavy (non-hydrogen) atoms. The second-order valence-electron chi connectivity index (χ2n) is 7.29. The third-order valence-electron chi connectivity index (χ3n) is 6.45. The Morgan fingerprint density at radius 3 is 3.00 bits per heavy atom. The third-order valence-corrected chi connectivity index (χ3v) is 6.45. The molecule has 0 amide bonds. The number of fused-ring (bicyclic) bond motifs is 3. The fourth-order valence-electron chi connectivity index (χ4n) is 5.45. The minimum absolute atomic E-state index is 0.175. The molecule has 0 unspecified atom stereocenters. The second-order valence-corrected chi connectivity index (χ2v) is 7.29. The highest BCUT2D eigenvalue weighted by Gasteiger charge is 2.52. The van der Waals surface area contributed by atoms with Crippen LogP contribution < -0.4 is 0 Å². The van der Waals surface area contributed by atoms with Crippen molar-refractivity contribution < 1.29 is 4.79 Å².